The summed E-state index contributed by atoms with van der Waals surface area (Å²) < 4.78 is 6.04. The zero-order chi connectivity index (χ0) is 16.2. The molecule has 23 heavy (non-hydrogen) atoms. The maximum absolute atomic E-state index is 12.1. The van der Waals surface area contributed by atoms with Crippen LogP contribution in [0.4, 0.5) is 0 Å². The van der Waals surface area contributed by atoms with E-state index in [1.807, 2.05) is 43.3 Å². The van der Waals surface area contributed by atoms with Gasteiger partial charge in [0.05, 0.1) is 6.54 Å². The number of nitrogens with one attached hydrogen (secondary N) is 1. The molecule has 2 aromatic carbocycles. The lowest BCUT2D eigenvalue weighted by atomic mass is 10.1. The zero-order valence-corrected chi connectivity index (χ0v) is 14.0. The van der Waals surface area contributed by atoms with Gasteiger partial charge in [0.1, 0.15) is 0 Å². The Morgan fingerprint density at radius 1 is 1.22 bits per heavy atom. The third-order valence-electron chi connectivity index (χ3n) is 3.23. The lowest BCUT2D eigenvalue weighted by Gasteiger charge is -2.02. The Labute approximate surface area is 141 Å². The van der Waals surface area contributed by atoms with Gasteiger partial charge in [0.15, 0.2) is 0 Å². The first-order valence-corrected chi connectivity index (χ1v) is 7.84. The number of rotatable bonds is 4. The molecule has 0 aliphatic heterocycles. The number of carbonyl (C=O) groups is 1. The van der Waals surface area contributed by atoms with E-state index in [4.69, 9.17) is 4.52 Å². The molecule has 5 nitrogen and oxygen atoms in total. The number of carbonyl (C=O) groups excluding carboxylic acids is 1. The monoisotopic (exact) mass is 371 g/mol. The van der Waals surface area contributed by atoms with E-state index in [9.17, 15) is 4.79 Å². The molecule has 1 N–H and O–H groups in total. The second-order valence-corrected chi connectivity index (χ2v) is 5.99. The van der Waals surface area contributed by atoms with Gasteiger partial charge in [-0.05, 0) is 31.2 Å². The molecule has 0 aliphatic carbocycles. The fourth-order valence-electron chi connectivity index (χ4n) is 2.12. The van der Waals surface area contributed by atoms with Crippen molar-refractivity contribution in [2.24, 2.45) is 0 Å². The van der Waals surface area contributed by atoms with E-state index in [2.05, 4.69) is 31.4 Å². The van der Waals surface area contributed by atoms with Crippen LogP contribution < -0.4 is 5.32 Å². The van der Waals surface area contributed by atoms with Crippen molar-refractivity contribution in [2.45, 2.75) is 13.5 Å². The standard InChI is InChI=1S/C17H14BrN3O2/c1-11-4-2-5-12(8-11)16-20-15(23-21-16)10-19-17(22)13-6-3-7-14(18)9-13/h2-9H,10H2,1H3,(H,19,22). The molecule has 0 radical (unpaired) electrons. The van der Waals surface area contributed by atoms with E-state index >= 15 is 0 Å². The Hall–Kier alpha value is -2.47. The largest absolute Gasteiger partial charge is 0.343 e. The SMILES string of the molecule is Cc1cccc(-c2noc(CNC(=O)c3cccc(Br)c3)n2)c1. The van der Waals surface area contributed by atoms with Gasteiger partial charge in [-0.2, -0.15) is 4.98 Å². The predicted octanol–water partition coefficient (Wildman–Crippen LogP) is 3.74. The van der Waals surface area contributed by atoms with Gasteiger partial charge >= 0.3 is 0 Å². The smallest absolute Gasteiger partial charge is 0.251 e. The number of halogens is 1. The second kappa shape index (κ2) is 6.75. The minimum Gasteiger partial charge on any atom is -0.343 e. The summed E-state index contributed by atoms with van der Waals surface area (Å²) in [6.07, 6.45) is 0. The summed E-state index contributed by atoms with van der Waals surface area (Å²) in [4.78, 5) is 16.4. The Balaban J connectivity index is 1.67. The molecule has 0 bridgehead atoms. The number of benzene rings is 2. The third-order valence-corrected chi connectivity index (χ3v) is 3.72. The fraction of sp³-hybridized carbons (Fsp3) is 0.118. The van der Waals surface area contributed by atoms with Crippen molar-refractivity contribution in [3.63, 3.8) is 0 Å². The Morgan fingerprint density at radius 3 is 2.83 bits per heavy atom. The van der Waals surface area contributed by atoms with Gasteiger partial charge < -0.3 is 9.84 Å². The molecule has 0 atom stereocenters. The molecule has 0 saturated carbocycles. The summed E-state index contributed by atoms with van der Waals surface area (Å²) in [5.41, 5.74) is 2.58. The van der Waals surface area contributed by atoms with Gasteiger partial charge in [-0.3, -0.25) is 4.79 Å². The molecule has 1 heterocycles. The van der Waals surface area contributed by atoms with Gasteiger partial charge in [0.25, 0.3) is 5.91 Å². The van der Waals surface area contributed by atoms with Crippen LogP contribution in [0.2, 0.25) is 0 Å². The van der Waals surface area contributed by atoms with E-state index in [-0.39, 0.29) is 12.5 Å². The van der Waals surface area contributed by atoms with E-state index < -0.39 is 0 Å². The van der Waals surface area contributed by atoms with E-state index in [1.165, 1.54) is 0 Å². The number of amides is 1. The minimum atomic E-state index is -0.193. The van der Waals surface area contributed by atoms with Crippen molar-refractivity contribution < 1.29 is 9.32 Å². The molecule has 0 unspecified atom stereocenters. The molecule has 0 aliphatic rings. The van der Waals surface area contributed by atoms with Crippen molar-refractivity contribution >= 4 is 21.8 Å². The summed E-state index contributed by atoms with van der Waals surface area (Å²) in [5.74, 6) is 0.687. The van der Waals surface area contributed by atoms with Crippen LogP contribution >= 0.6 is 15.9 Å². The van der Waals surface area contributed by atoms with Crippen molar-refractivity contribution in [3.8, 4) is 11.4 Å². The maximum atomic E-state index is 12.1. The number of hydrogen-bond donors (Lipinski definition) is 1. The van der Waals surface area contributed by atoms with Crippen LogP contribution in [0.25, 0.3) is 11.4 Å². The highest BCUT2D eigenvalue weighted by Gasteiger charge is 2.11. The van der Waals surface area contributed by atoms with Crippen LogP contribution in [-0.2, 0) is 6.54 Å². The Bertz CT molecular complexity index is 845. The summed E-state index contributed by atoms with van der Waals surface area (Å²) in [6.45, 7) is 2.19. The highest BCUT2D eigenvalue weighted by molar-refractivity contribution is 9.10. The molecule has 6 heteroatoms. The van der Waals surface area contributed by atoms with Gasteiger partial charge in [-0.25, -0.2) is 0 Å². The number of hydrogen-bond acceptors (Lipinski definition) is 4. The topological polar surface area (TPSA) is 68.0 Å². The van der Waals surface area contributed by atoms with Crippen LogP contribution in [0.15, 0.2) is 57.5 Å². The molecule has 0 fully saturated rings. The molecular weight excluding hydrogens is 358 g/mol. The summed E-state index contributed by atoms with van der Waals surface area (Å²) in [7, 11) is 0. The van der Waals surface area contributed by atoms with Gasteiger partial charge in [0, 0.05) is 15.6 Å². The molecule has 0 spiro atoms. The number of aromatic nitrogens is 2. The average Bonchev–Trinajstić information content (AvgIpc) is 3.01. The first-order valence-electron chi connectivity index (χ1n) is 7.05. The maximum Gasteiger partial charge on any atom is 0.251 e. The van der Waals surface area contributed by atoms with Crippen LogP contribution in [0.1, 0.15) is 21.8 Å². The second-order valence-electron chi connectivity index (χ2n) is 5.07. The highest BCUT2D eigenvalue weighted by Crippen LogP contribution is 2.17. The molecule has 3 rings (SSSR count). The average molecular weight is 372 g/mol. The fourth-order valence-corrected chi connectivity index (χ4v) is 2.51. The minimum absolute atomic E-state index is 0.185. The van der Waals surface area contributed by atoms with Crippen LogP contribution in [-0.4, -0.2) is 16.0 Å². The first-order chi connectivity index (χ1) is 11.1. The quantitative estimate of drug-likeness (QED) is 0.758. The van der Waals surface area contributed by atoms with Crippen molar-refractivity contribution in [2.75, 3.05) is 0 Å². The Kier molecular flexibility index (Phi) is 4.52. The number of aryl methyl sites for hydroxylation is 1. The Morgan fingerprint density at radius 2 is 2.04 bits per heavy atom. The van der Waals surface area contributed by atoms with Crippen LogP contribution in [0.5, 0.6) is 0 Å². The van der Waals surface area contributed by atoms with Crippen molar-refractivity contribution in [1.29, 1.82) is 0 Å². The molecule has 116 valence electrons. The lowest BCUT2D eigenvalue weighted by Crippen LogP contribution is -2.22. The summed E-state index contributed by atoms with van der Waals surface area (Å²) in [5, 5.41) is 6.71. The molecule has 1 aromatic heterocycles. The van der Waals surface area contributed by atoms with Gasteiger partial charge in [-0.1, -0.05) is 50.9 Å². The zero-order valence-electron chi connectivity index (χ0n) is 12.4. The first kappa shape index (κ1) is 15.4. The normalized spacial score (nSPS) is 10.5. The van der Waals surface area contributed by atoms with Crippen molar-refractivity contribution in [3.05, 3.63) is 70.0 Å². The highest BCUT2D eigenvalue weighted by atomic mass is 79.9. The van der Waals surface area contributed by atoms with Crippen LogP contribution in [0.3, 0.4) is 0 Å². The number of nitrogens with zero attached hydrogens (tertiary/aromatic N) is 2. The van der Waals surface area contributed by atoms with E-state index in [0.717, 1.165) is 15.6 Å². The van der Waals surface area contributed by atoms with Crippen LogP contribution in [0, 0.1) is 6.92 Å². The lowest BCUT2D eigenvalue weighted by molar-refractivity contribution is 0.0946. The molecule has 3 aromatic rings. The predicted molar refractivity (Wildman–Crippen MR) is 89.8 cm³/mol. The van der Waals surface area contributed by atoms with Crippen molar-refractivity contribution in [1.82, 2.24) is 15.5 Å². The van der Waals surface area contributed by atoms with E-state index in [1.54, 1.807) is 12.1 Å². The van der Waals surface area contributed by atoms with E-state index in [0.29, 0.717) is 17.3 Å². The van der Waals surface area contributed by atoms with Gasteiger partial charge in [-0.15, -0.1) is 0 Å². The van der Waals surface area contributed by atoms with Gasteiger partial charge in [0.2, 0.25) is 11.7 Å². The molecule has 0 saturated heterocycles. The molecular formula is C17H14BrN3O2. The summed E-state index contributed by atoms with van der Waals surface area (Å²) in [6, 6.07) is 15.0. The molecule has 1 amide bonds. The third kappa shape index (κ3) is 3.84. The summed E-state index contributed by atoms with van der Waals surface area (Å²) >= 11 is 3.34.